The van der Waals surface area contributed by atoms with Gasteiger partial charge in [-0.15, -0.1) is 0 Å². The fraction of sp³-hybridized carbons (Fsp3) is 0.412. The van der Waals surface area contributed by atoms with Gasteiger partial charge in [0.1, 0.15) is 23.2 Å². The molecule has 1 atom stereocenters. The van der Waals surface area contributed by atoms with Gasteiger partial charge in [-0.25, -0.2) is 0 Å². The first-order valence-corrected chi connectivity index (χ1v) is 7.10. The fourth-order valence-corrected chi connectivity index (χ4v) is 2.76. The van der Waals surface area contributed by atoms with E-state index in [-0.39, 0.29) is 12.2 Å². The van der Waals surface area contributed by atoms with Crippen molar-refractivity contribution in [3.63, 3.8) is 0 Å². The molecule has 0 saturated heterocycles. The second kappa shape index (κ2) is 6.73. The average Bonchev–Trinajstić information content (AvgIpc) is 2.89. The van der Waals surface area contributed by atoms with E-state index in [0.29, 0.717) is 28.4 Å². The zero-order valence-corrected chi connectivity index (χ0v) is 13.9. The van der Waals surface area contributed by atoms with Crippen LogP contribution in [0.1, 0.15) is 17.5 Å². The summed E-state index contributed by atoms with van der Waals surface area (Å²) in [6.07, 6.45) is 0.164. The molecule has 0 heterocycles. The number of hydrogen-bond donors (Lipinski definition) is 0. The Morgan fingerprint density at radius 3 is 2.04 bits per heavy atom. The average molecular weight is 320 g/mol. The highest BCUT2D eigenvalue weighted by atomic mass is 16.5. The van der Waals surface area contributed by atoms with Gasteiger partial charge in [0.05, 0.1) is 39.6 Å². The lowest BCUT2D eigenvalue weighted by Gasteiger charge is -2.16. The summed E-state index contributed by atoms with van der Waals surface area (Å²) in [5, 5.41) is 0. The lowest BCUT2D eigenvalue weighted by Crippen LogP contribution is -2.22. The molecule has 0 bridgehead atoms. The summed E-state index contributed by atoms with van der Waals surface area (Å²) in [7, 11) is 5.76. The Kier molecular flexibility index (Phi) is 4.93. The van der Waals surface area contributed by atoms with Crippen LogP contribution < -0.4 is 9.47 Å². The molecule has 124 valence electrons. The van der Waals surface area contributed by atoms with Crippen LogP contribution in [0.3, 0.4) is 0 Å². The van der Waals surface area contributed by atoms with E-state index in [0.717, 1.165) is 5.56 Å². The van der Waals surface area contributed by atoms with Crippen molar-refractivity contribution < 1.29 is 28.5 Å². The Morgan fingerprint density at radius 2 is 1.61 bits per heavy atom. The number of aryl methyl sites for hydroxylation is 1. The van der Waals surface area contributed by atoms with Crippen LogP contribution in [0.2, 0.25) is 0 Å². The largest absolute Gasteiger partial charge is 0.500 e. The van der Waals surface area contributed by atoms with Gasteiger partial charge in [-0.3, -0.25) is 9.59 Å². The first-order chi connectivity index (χ1) is 11.0. The van der Waals surface area contributed by atoms with Gasteiger partial charge in [-0.1, -0.05) is 0 Å². The summed E-state index contributed by atoms with van der Waals surface area (Å²) >= 11 is 0. The number of esters is 1. The number of ether oxygens (including phenoxy) is 4. The number of methoxy groups -OCH3 is 4. The molecule has 0 N–H and O–H groups in total. The summed E-state index contributed by atoms with van der Waals surface area (Å²) in [5.41, 5.74) is 1.72. The fourth-order valence-electron chi connectivity index (χ4n) is 2.76. The molecular formula is C17H20O6. The third kappa shape index (κ3) is 2.88. The van der Waals surface area contributed by atoms with E-state index in [1.807, 2.05) is 6.92 Å². The van der Waals surface area contributed by atoms with Crippen molar-refractivity contribution in [1.29, 1.82) is 0 Å². The van der Waals surface area contributed by atoms with Crippen LogP contribution in [-0.4, -0.2) is 40.2 Å². The quantitative estimate of drug-likeness (QED) is 0.611. The second-order valence-corrected chi connectivity index (χ2v) is 5.19. The predicted molar refractivity (Wildman–Crippen MR) is 83.3 cm³/mol. The normalized spacial score (nSPS) is 17.3. The monoisotopic (exact) mass is 320 g/mol. The molecule has 0 amide bonds. The molecule has 0 saturated carbocycles. The standard InChI is InChI=1S/C17H20O6/c1-9-6-11(20-2)14(12(7-9)21-3)15-13(22-4)8-10(16(15)18)17(19)23-5/h6-7,10H,8H2,1-5H3. The Labute approximate surface area is 135 Å². The lowest BCUT2D eigenvalue weighted by molar-refractivity contribution is -0.147. The Bertz CT molecular complexity index is 649. The minimum Gasteiger partial charge on any atom is -0.500 e. The molecule has 1 aromatic carbocycles. The van der Waals surface area contributed by atoms with Gasteiger partial charge in [0.15, 0.2) is 5.78 Å². The minimum absolute atomic E-state index is 0.164. The maximum Gasteiger partial charge on any atom is 0.317 e. The lowest BCUT2D eigenvalue weighted by atomic mass is 9.96. The molecular weight excluding hydrogens is 300 g/mol. The third-order valence-corrected chi connectivity index (χ3v) is 3.86. The number of rotatable bonds is 5. The molecule has 6 nitrogen and oxygen atoms in total. The summed E-state index contributed by atoms with van der Waals surface area (Å²) < 4.78 is 20.9. The van der Waals surface area contributed by atoms with Gasteiger partial charge in [0.2, 0.25) is 0 Å². The van der Waals surface area contributed by atoms with Crippen molar-refractivity contribution >= 4 is 17.3 Å². The SMILES string of the molecule is COC(=O)C1CC(OC)=C(c2c(OC)cc(C)cc2OC)C1=O. The third-order valence-electron chi connectivity index (χ3n) is 3.86. The maximum absolute atomic E-state index is 12.7. The first-order valence-electron chi connectivity index (χ1n) is 7.10. The topological polar surface area (TPSA) is 71.1 Å². The number of carbonyl (C=O) groups excluding carboxylic acids is 2. The van der Waals surface area contributed by atoms with E-state index in [2.05, 4.69) is 0 Å². The van der Waals surface area contributed by atoms with E-state index >= 15 is 0 Å². The summed E-state index contributed by atoms with van der Waals surface area (Å²) in [4.78, 5) is 24.6. The van der Waals surface area contributed by atoms with Crippen LogP contribution in [0.25, 0.3) is 5.57 Å². The molecule has 0 aliphatic heterocycles. The van der Waals surface area contributed by atoms with Crippen LogP contribution in [0.5, 0.6) is 11.5 Å². The molecule has 6 heteroatoms. The van der Waals surface area contributed by atoms with Gasteiger partial charge in [-0.2, -0.15) is 0 Å². The number of hydrogen-bond acceptors (Lipinski definition) is 6. The highest BCUT2D eigenvalue weighted by molar-refractivity contribution is 6.30. The minimum atomic E-state index is -0.902. The van der Waals surface area contributed by atoms with E-state index in [4.69, 9.17) is 18.9 Å². The van der Waals surface area contributed by atoms with Crippen molar-refractivity contribution in [2.45, 2.75) is 13.3 Å². The van der Waals surface area contributed by atoms with Gasteiger partial charge >= 0.3 is 5.97 Å². The van der Waals surface area contributed by atoms with Crippen LogP contribution in [0, 0.1) is 12.8 Å². The van der Waals surface area contributed by atoms with Crippen molar-refractivity contribution in [3.05, 3.63) is 29.0 Å². The zero-order valence-electron chi connectivity index (χ0n) is 13.9. The van der Waals surface area contributed by atoms with Gasteiger partial charge in [0.25, 0.3) is 0 Å². The highest BCUT2D eigenvalue weighted by Gasteiger charge is 2.42. The summed E-state index contributed by atoms with van der Waals surface area (Å²) in [6, 6.07) is 3.60. The Morgan fingerprint density at radius 1 is 1.04 bits per heavy atom. The molecule has 0 fully saturated rings. The molecule has 1 aliphatic rings. The van der Waals surface area contributed by atoms with Crippen LogP contribution in [0.4, 0.5) is 0 Å². The highest BCUT2D eigenvalue weighted by Crippen LogP contribution is 2.44. The van der Waals surface area contributed by atoms with E-state index in [1.54, 1.807) is 12.1 Å². The number of ketones is 1. The summed E-state index contributed by atoms with van der Waals surface area (Å²) in [6.45, 7) is 1.90. The molecule has 0 spiro atoms. The molecule has 0 radical (unpaired) electrons. The van der Waals surface area contributed by atoms with Gasteiger partial charge < -0.3 is 18.9 Å². The van der Waals surface area contributed by atoms with Crippen molar-refractivity contribution in [3.8, 4) is 11.5 Å². The zero-order chi connectivity index (χ0) is 17.1. The molecule has 1 unspecified atom stereocenters. The molecule has 0 aromatic heterocycles. The van der Waals surface area contributed by atoms with Crippen molar-refractivity contribution in [1.82, 2.24) is 0 Å². The van der Waals surface area contributed by atoms with Crippen molar-refractivity contribution in [2.75, 3.05) is 28.4 Å². The van der Waals surface area contributed by atoms with Crippen LogP contribution >= 0.6 is 0 Å². The van der Waals surface area contributed by atoms with Gasteiger partial charge in [-0.05, 0) is 24.6 Å². The predicted octanol–water partition coefficient (Wildman–Crippen LogP) is 2.13. The van der Waals surface area contributed by atoms with Crippen LogP contribution in [0.15, 0.2) is 17.9 Å². The number of allylic oxidation sites excluding steroid dienone is 2. The molecule has 1 aliphatic carbocycles. The molecule has 2 rings (SSSR count). The van der Waals surface area contributed by atoms with E-state index < -0.39 is 11.9 Å². The van der Waals surface area contributed by atoms with Crippen molar-refractivity contribution in [2.24, 2.45) is 5.92 Å². The van der Waals surface area contributed by atoms with E-state index in [1.165, 1.54) is 28.4 Å². The molecule has 23 heavy (non-hydrogen) atoms. The van der Waals surface area contributed by atoms with Crippen LogP contribution in [-0.2, 0) is 19.1 Å². The summed E-state index contributed by atoms with van der Waals surface area (Å²) in [5.74, 6) is -0.430. The van der Waals surface area contributed by atoms with Gasteiger partial charge in [0, 0.05) is 6.42 Å². The Hall–Kier alpha value is -2.50. The smallest absolute Gasteiger partial charge is 0.317 e. The molecule has 1 aromatic rings. The first kappa shape index (κ1) is 16.9. The second-order valence-electron chi connectivity index (χ2n) is 5.19. The number of Topliss-reactive ketones (excluding diaryl/α,β-unsaturated/α-hetero) is 1. The number of carbonyl (C=O) groups is 2. The maximum atomic E-state index is 12.7. The Balaban J connectivity index is 2.64. The van der Waals surface area contributed by atoms with E-state index in [9.17, 15) is 9.59 Å². The number of benzene rings is 1.